The van der Waals surface area contributed by atoms with Crippen LogP contribution in [0.4, 0.5) is 5.82 Å². The summed E-state index contributed by atoms with van der Waals surface area (Å²) in [6.07, 6.45) is -2.80. The highest BCUT2D eigenvalue weighted by Crippen LogP contribution is 2.34. The second-order valence-corrected chi connectivity index (χ2v) is 9.51. The molecule has 2 aromatic heterocycles. The number of nitrogens with one attached hydrogen (secondary N) is 1. The summed E-state index contributed by atoms with van der Waals surface area (Å²) >= 11 is 6.21. The summed E-state index contributed by atoms with van der Waals surface area (Å²) in [4.78, 5) is 26.2. The van der Waals surface area contributed by atoms with Crippen molar-refractivity contribution in [3.05, 3.63) is 46.9 Å². The standard InChI is InChI=1S/C20H24ClN6O7P/c1-12(29)20(34-14(9-28)10-33-11-35(30,31)32)27-19-15(8-24-27)18(25-17(6-22)26-19)23-7-13-4-2-3-5-16(13)21/h2-5,8,12,14,20,28-29H,7,9-11H2,1H3,(H,23,25,26)(H2,30,31,32)/t12-,14+,20-/m1/s1. The van der Waals surface area contributed by atoms with E-state index in [4.69, 9.17) is 30.9 Å². The molecule has 0 saturated heterocycles. The average Bonchev–Trinajstić information content (AvgIpc) is 3.23. The number of fused-ring (bicyclic) bond motifs is 1. The lowest BCUT2D eigenvalue weighted by atomic mass is 10.2. The lowest BCUT2D eigenvalue weighted by molar-refractivity contribution is -0.144. The number of anilines is 1. The molecule has 0 bridgehead atoms. The van der Waals surface area contributed by atoms with E-state index in [9.17, 15) is 20.0 Å². The summed E-state index contributed by atoms with van der Waals surface area (Å²) in [6, 6.07) is 9.11. The maximum atomic E-state index is 11.0. The number of nitrogens with zero attached hydrogens (tertiary/aromatic N) is 5. The lowest BCUT2D eigenvalue weighted by Gasteiger charge is -2.26. The van der Waals surface area contributed by atoms with Crippen molar-refractivity contribution in [2.24, 2.45) is 0 Å². The van der Waals surface area contributed by atoms with Gasteiger partial charge in [0, 0.05) is 11.6 Å². The molecule has 35 heavy (non-hydrogen) atoms. The van der Waals surface area contributed by atoms with Crippen LogP contribution in [0.5, 0.6) is 0 Å². The molecule has 0 amide bonds. The van der Waals surface area contributed by atoms with Crippen LogP contribution in [-0.2, 0) is 20.6 Å². The molecule has 0 fully saturated rings. The van der Waals surface area contributed by atoms with Gasteiger partial charge in [0.1, 0.15) is 24.3 Å². The van der Waals surface area contributed by atoms with Gasteiger partial charge >= 0.3 is 7.60 Å². The van der Waals surface area contributed by atoms with Crippen molar-refractivity contribution >= 4 is 36.0 Å². The first-order valence-corrected chi connectivity index (χ1v) is 12.5. The molecular weight excluding hydrogens is 503 g/mol. The van der Waals surface area contributed by atoms with Gasteiger partial charge in [-0.25, -0.2) is 9.67 Å². The van der Waals surface area contributed by atoms with Gasteiger partial charge in [-0.05, 0) is 18.6 Å². The smallest absolute Gasteiger partial charge is 0.350 e. The van der Waals surface area contributed by atoms with E-state index >= 15 is 0 Å². The molecule has 1 aromatic carbocycles. The van der Waals surface area contributed by atoms with Crippen molar-refractivity contribution < 1.29 is 34.0 Å². The van der Waals surface area contributed by atoms with Crippen LogP contribution in [-0.4, -0.2) is 71.5 Å². The molecule has 0 aliphatic carbocycles. The van der Waals surface area contributed by atoms with Crippen molar-refractivity contribution in [3.63, 3.8) is 0 Å². The summed E-state index contributed by atoms with van der Waals surface area (Å²) in [5.74, 6) is 0.152. The van der Waals surface area contributed by atoms with Crippen LogP contribution in [0.3, 0.4) is 0 Å². The second kappa shape index (κ2) is 11.9. The zero-order chi connectivity index (χ0) is 25.6. The highest BCUT2D eigenvalue weighted by Gasteiger charge is 2.27. The van der Waals surface area contributed by atoms with E-state index in [1.54, 1.807) is 12.1 Å². The third-order valence-electron chi connectivity index (χ3n) is 4.71. The Bertz CT molecular complexity index is 1240. The predicted octanol–water partition coefficient (Wildman–Crippen LogP) is 1.37. The Morgan fingerprint density at radius 3 is 2.69 bits per heavy atom. The molecule has 2 heterocycles. The van der Waals surface area contributed by atoms with Gasteiger partial charge in [0.05, 0.1) is 30.9 Å². The van der Waals surface area contributed by atoms with Crippen LogP contribution < -0.4 is 5.32 Å². The second-order valence-electron chi connectivity index (χ2n) is 7.52. The number of aromatic nitrogens is 4. The zero-order valence-electron chi connectivity index (χ0n) is 18.5. The van der Waals surface area contributed by atoms with Crippen molar-refractivity contribution in [3.8, 4) is 6.07 Å². The first kappa shape index (κ1) is 26.9. The molecule has 0 unspecified atom stereocenters. The molecule has 13 nitrogen and oxygen atoms in total. The SMILES string of the molecule is C[C@@H](O)[C@@H](O[C@@H](CO)COCP(=O)(O)O)n1ncc2c(NCc3ccccc3Cl)nc(C#N)nc21. The Morgan fingerprint density at radius 1 is 1.31 bits per heavy atom. The normalized spacial score (nSPS) is 14.4. The Hall–Kier alpha value is -2.66. The maximum Gasteiger partial charge on any atom is 0.350 e. The number of nitriles is 1. The number of benzene rings is 1. The molecule has 5 N–H and O–H groups in total. The zero-order valence-corrected chi connectivity index (χ0v) is 20.2. The van der Waals surface area contributed by atoms with Crippen LogP contribution in [0.25, 0.3) is 11.0 Å². The first-order chi connectivity index (χ1) is 16.6. The van der Waals surface area contributed by atoms with Crippen LogP contribution in [0, 0.1) is 11.3 Å². The Morgan fingerprint density at radius 2 is 2.06 bits per heavy atom. The molecule has 3 atom stereocenters. The summed E-state index contributed by atoms with van der Waals surface area (Å²) < 4.78 is 22.9. The monoisotopic (exact) mass is 526 g/mol. The van der Waals surface area contributed by atoms with Crippen LogP contribution in [0.1, 0.15) is 24.5 Å². The molecule has 0 spiro atoms. The largest absolute Gasteiger partial charge is 0.394 e. The molecule has 15 heteroatoms. The molecule has 0 aliphatic heterocycles. The van der Waals surface area contributed by atoms with Gasteiger partial charge in [-0.1, -0.05) is 29.8 Å². The molecule has 188 valence electrons. The van der Waals surface area contributed by atoms with Gasteiger partial charge in [0.25, 0.3) is 0 Å². The summed E-state index contributed by atoms with van der Waals surface area (Å²) in [5, 5.41) is 37.7. The first-order valence-electron chi connectivity index (χ1n) is 10.3. The van der Waals surface area contributed by atoms with E-state index in [0.29, 0.717) is 22.8 Å². The van der Waals surface area contributed by atoms with E-state index in [2.05, 4.69) is 20.4 Å². The Kier molecular flexibility index (Phi) is 9.12. The third-order valence-corrected chi connectivity index (χ3v) is 5.60. The van der Waals surface area contributed by atoms with Crippen molar-refractivity contribution in [2.45, 2.75) is 31.9 Å². The number of aliphatic hydroxyl groups excluding tert-OH is 2. The third kappa shape index (κ3) is 7.17. The minimum absolute atomic E-state index is 0.158. The Balaban J connectivity index is 1.88. The van der Waals surface area contributed by atoms with E-state index in [0.717, 1.165) is 5.56 Å². The topological polar surface area (TPSA) is 196 Å². The van der Waals surface area contributed by atoms with Gasteiger partial charge < -0.3 is 34.8 Å². The number of halogens is 1. The fraction of sp³-hybridized carbons (Fsp3) is 0.400. The minimum atomic E-state index is -4.40. The molecular formula is C20H24ClN6O7P. The van der Waals surface area contributed by atoms with Gasteiger partial charge in [-0.2, -0.15) is 15.3 Å². The minimum Gasteiger partial charge on any atom is -0.394 e. The van der Waals surface area contributed by atoms with Gasteiger partial charge in [-0.3, -0.25) is 4.57 Å². The van der Waals surface area contributed by atoms with E-state index in [-0.39, 0.29) is 18.1 Å². The average molecular weight is 527 g/mol. The molecule has 0 radical (unpaired) electrons. The number of ether oxygens (including phenoxy) is 2. The highest BCUT2D eigenvalue weighted by molar-refractivity contribution is 7.51. The summed E-state index contributed by atoms with van der Waals surface area (Å²) in [6.45, 7) is 0.813. The van der Waals surface area contributed by atoms with E-state index < -0.39 is 39.0 Å². The molecule has 3 aromatic rings. The van der Waals surface area contributed by atoms with Gasteiger partial charge in [-0.15, -0.1) is 0 Å². The van der Waals surface area contributed by atoms with E-state index in [1.807, 2.05) is 18.2 Å². The Labute approximate surface area is 205 Å². The fourth-order valence-corrected chi connectivity index (χ4v) is 3.67. The summed E-state index contributed by atoms with van der Waals surface area (Å²) in [7, 11) is -4.40. The maximum absolute atomic E-state index is 11.0. The van der Waals surface area contributed by atoms with Crippen LogP contribution in [0.2, 0.25) is 5.02 Å². The molecule has 3 rings (SSSR count). The van der Waals surface area contributed by atoms with Crippen LogP contribution in [0.15, 0.2) is 30.5 Å². The highest BCUT2D eigenvalue weighted by atomic mass is 35.5. The van der Waals surface area contributed by atoms with Crippen molar-refractivity contribution in [1.82, 2.24) is 19.7 Å². The van der Waals surface area contributed by atoms with Crippen LogP contribution >= 0.6 is 19.2 Å². The van der Waals surface area contributed by atoms with Gasteiger partial charge in [0.2, 0.25) is 5.82 Å². The summed E-state index contributed by atoms with van der Waals surface area (Å²) in [5.41, 5.74) is 0.982. The van der Waals surface area contributed by atoms with Crippen molar-refractivity contribution in [1.29, 1.82) is 5.26 Å². The quantitative estimate of drug-likeness (QED) is 0.213. The number of hydrogen-bond donors (Lipinski definition) is 5. The lowest BCUT2D eigenvalue weighted by Crippen LogP contribution is -2.34. The molecule has 0 saturated carbocycles. The number of aliphatic hydroxyl groups is 2. The molecule has 0 aliphatic rings. The number of rotatable bonds is 12. The van der Waals surface area contributed by atoms with Gasteiger partial charge in [0.15, 0.2) is 11.9 Å². The van der Waals surface area contributed by atoms with E-state index in [1.165, 1.54) is 17.8 Å². The number of hydrogen-bond acceptors (Lipinski definition) is 10. The predicted molar refractivity (Wildman–Crippen MR) is 124 cm³/mol. The fourth-order valence-electron chi connectivity index (χ4n) is 3.13. The van der Waals surface area contributed by atoms with Crippen molar-refractivity contribution in [2.75, 3.05) is 24.9 Å².